The van der Waals surface area contributed by atoms with Crippen LogP contribution in [0.1, 0.15) is 78.4 Å². The van der Waals surface area contributed by atoms with E-state index >= 15 is 0 Å². The number of amides is 2. The standard InChI is InChI=1S/C27H37IN4O4S/c1-16-11-21(19(12-20(16)28)24(33)29-6)35-22(25-30-13-23(37-25)18-7-8-18)15-31-9-10-32(17(2)14-31)26(34)36-27(3,4)5/h11-13,17-18,22H,7-10,14-15H2,1-6H3,(H,29,33)/t17-,22?/m1/s1. The first-order chi connectivity index (χ1) is 17.4. The van der Waals surface area contributed by atoms with Crippen molar-refractivity contribution in [3.8, 4) is 5.75 Å². The molecule has 4 rings (SSSR count). The smallest absolute Gasteiger partial charge is 0.410 e. The fourth-order valence-corrected chi connectivity index (χ4v) is 5.99. The van der Waals surface area contributed by atoms with E-state index in [4.69, 9.17) is 14.5 Å². The Hall–Kier alpha value is -1.92. The number of aromatic nitrogens is 1. The second kappa shape index (κ2) is 11.4. The minimum absolute atomic E-state index is 0.00421. The Morgan fingerprint density at radius 2 is 2.00 bits per heavy atom. The summed E-state index contributed by atoms with van der Waals surface area (Å²) >= 11 is 3.95. The zero-order valence-corrected chi connectivity index (χ0v) is 25.4. The van der Waals surface area contributed by atoms with Gasteiger partial charge in [-0.2, -0.15) is 0 Å². The van der Waals surface area contributed by atoms with Crippen LogP contribution in [0, 0.1) is 10.5 Å². The van der Waals surface area contributed by atoms with Crippen molar-refractivity contribution in [2.24, 2.45) is 0 Å². The molecule has 1 unspecified atom stereocenters. The van der Waals surface area contributed by atoms with Gasteiger partial charge in [0, 0.05) is 53.9 Å². The molecular weight excluding hydrogens is 603 g/mol. The lowest BCUT2D eigenvalue weighted by Crippen LogP contribution is -2.55. The van der Waals surface area contributed by atoms with Crippen LogP contribution in [-0.4, -0.2) is 71.7 Å². The molecule has 1 N–H and O–H groups in total. The topological polar surface area (TPSA) is 84.0 Å². The van der Waals surface area contributed by atoms with E-state index < -0.39 is 5.60 Å². The van der Waals surface area contributed by atoms with E-state index in [9.17, 15) is 9.59 Å². The quantitative estimate of drug-likeness (QED) is 0.411. The van der Waals surface area contributed by atoms with Gasteiger partial charge in [0.1, 0.15) is 16.4 Å². The molecule has 1 saturated carbocycles. The zero-order chi connectivity index (χ0) is 26.9. The Morgan fingerprint density at radius 1 is 1.27 bits per heavy atom. The third-order valence-corrected chi connectivity index (χ3v) is 8.98. The highest BCUT2D eigenvalue weighted by Gasteiger charge is 2.34. The Balaban J connectivity index is 1.55. The van der Waals surface area contributed by atoms with Crippen LogP contribution in [-0.2, 0) is 4.74 Å². The summed E-state index contributed by atoms with van der Waals surface area (Å²) in [7, 11) is 1.63. The van der Waals surface area contributed by atoms with Gasteiger partial charge >= 0.3 is 6.09 Å². The van der Waals surface area contributed by atoms with Gasteiger partial charge < -0.3 is 19.7 Å². The summed E-state index contributed by atoms with van der Waals surface area (Å²) in [6.45, 7) is 12.3. The zero-order valence-electron chi connectivity index (χ0n) is 22.5. The molecule has 0 bridgehead atoms. The van der Waals surface area contributed by atoms with Crippen molar-refractivity contribution in [2.75, 3.05) is 33.2 Å². The van der Waals surface area contributed by atoms with E-state index in [0.29, 0.717) is 43.4 Å². The maximum atomic E-state index is 12.7. The van der Waals surface area contributed by atoms with Crippen LogP contribution >= 0.6 is 33.9 Å². The number of rotatable bonds is 7. The molecule has 1 aromatic heterocycles. The number of nitrogens with one attached hydrogen (secondary N) is 1. The van der Waals surface area contributed by atoms with Crippen LogP contribution < -0.4 is 10.1 Å². The van der Waals surface area contributed by atoms with Crippen molar-refractivity contribution in [3.05, 3.63) is 42.9 Å². The van der Waals surface area contributed by atoms with Gasteiger partial charge in [0.05, 0.1) is 5.56 Å². The lowest BCUT2D eigenvalue weighted by atomic mass is 10.1. The molecular formula is C27H37IN4O4S. The van der Waals surface area contributed by atoms with Gasteiger partial charge in [-0.3, -0.25) is 9.69 Å². The van der Waals surface area contributed by atoms with Crippen LogP contribution in [0.4, 0.5) is 4.79 Å². The van der Waals surface area contributed by atoms with Crippen LogP contribution in [0.15, 0.2) is 18.3 Å². The number of halogens is 1. The van der Waals surface area contributed by atoms with Crippen molar-refractivity contribution in [3.63, 3.8) is 0 Å². The molecule has 0 radical (unpaired) electrons. The van der Waals surface area contributed by atoms with Crippen molar-refractivity contribution >= 4 is 45.9 Å². The molecule has 1 saturated heterocycles. The Bertz CT molecular complexity index is 1140. The number of piperazine rings is 1. The molecule has 202 valence electrons. The number of carbonyl (C=O) groups is 2. The van der Waals surface area contributed by atoms with E-state index in [-0.39, 0.29) is 24.1 Å². The molecule has 2 atom stereocenters. The monoisotopic (exact) mass is 640 g/mol. The van der Waals surface area contributed by atoms with Gasteiger partial charge in [0.15, 0.2) is 6.10 Å². The van der Waals surface area contributed by atoms with Crippen molar-refractivity contribution < 1.29 is 19.1 Å². The minimum atomic E-state index is -0.523. The second-order valence-electron chi connectivity index (χ2n) is 10.9. The number of ether oxygens (including phenoxy) is 2. The van der Waals surface area contributed by atoms with Gasteiger partial charge in [0.25, 0.3) is 5.91 Å². The number of hydrogen-bond acceptors (Lipinski definition) is 7. The van der Waals surface area contributed by atoms with Gasteiger partial charge in [-0.25, -0.2) is 9.78 Å². The molecule has 8 nitrogen and oxygen atoms in total. The van der Waals surface area contributed by atoms with Crippen LogP contribution in [0.25, 0.3) is 0 Å². The lowest BCUT2D eigenvalue weighted by molar-refractivity contribution is -0.00299. The minimum Gasteiger partial charge on any atom is -0.481 e. The lowest BCUT2D eigenvalue weighted by Gasteiger charge is -2.41. The maximum Gasteiger partial charge on any atom is 0.410 e. The van der Waals surface area contributed by atoms with Crippen molar-refractivity contribution in [1.29, 1.82) is 0 Å². The summed E-state index contributed by atoms with van der Waals surface area (Å²) in [5.74, 6) is 1.00. The van der Waals surface area contributed by atoms with Crippen LogP contribution in [0.3, 0.4) is 0 Å². The molecule has 2 aliphatic rings. The Morgan fingerprint density at radius 3 is 2.62 bits per heavy atom. The fourth-order valence-electron chi connectivity index (χ4n) is 4.41. The van der Waals surface area contributed by atoms with Gasteiger partial charge in [-0.05, 0) is 93.7 Å². The van der Waals surface area contributed by atoms with Crippen molar-refractivity contribution in [1.82, 2.24) is 20.1 Å². The maximum absolute atomic E-state index is 12.7. The predicted octanol–water partition coefficient (Wildman–Crippen LogP) is 5.35. The van der Waals surface area contributed by atoms with E-state index in [2.05, 4.69) is 32.8 Å². The molecule has 37 heavy (non-hydrogen) atoms. The van der Waals surface area contributed by atoms with Crippen molar-refractivity contribution in [2.45, 2.75) is 71.1 Å². The molecule has 10 heteroatoms. The molecule has 1 aromatic carbocycles. The first-order valence-corrected chi connectivity index (χ1v) is 14.7. The number of thiazole rings is 1. The number of benzene rings is 1. The molecule has 2 amide bonds. The summed E-state index contributed by atoms with van der Waals surface area (Å²) in [5, 5.41) is 3.65. The van der Waals surface area contributed by atoms with Crippen LogP contribution in [0.5, 0.6) is 5.75 Å². The summed E-state index contributed by atoms with van der Waals surface area (Å²) < 4.78 is 13.2. The molecule has 0 spiro atoms. The van der Waals surface area contributed by atoms with E-state index in [0.717, 1.165) is 14.1 Å². The SMILES string of the molecule is CNC(=O)c1cc(I)c(C)cc1OC(CN1CCN(C(=O)OC(C)(C)C)[C@H](C)C1)c1ncc(C2CC2)s1. The predicted molar refractivity (Wildman–Crippen MR) is 154 cm³/mol. The Labute approximate surface area is 237 Å². The molecule has 2 heterocycles. The number of hydrogen-bond donors (Lipinski definition) is 1. The van der Waals surface area contributed by atoms with E-state index in [1.807, 2.05) is 52.9 Å². The molecule has 1 aliphatic carbocycles. The summed E-state index contributed by atoms with van der Waals surface area (Å²) in [5.41, 5.74) is 1.05. The number of nitrogens with zero attached hydrogens (tertiary/aromatic N) is 3. The number of carbonyl (C=O) groups excluding carboxylic acids is 2. The summed E-state index contributed by atoms with van der Waals surface area (Å²) in [4.78, 5) is 35.5. The van der Waals surface area contributed by atoms with Gasteiger partial charge in [0.2, 0.25) is 0 Å². The molecule has 2 fully saturated rings. The summed E-state index contributed by atoms with van der Waals surface area (Å²) in [6, 6.07) is 3.82. The highest BCUT2D eigenvalue weighted by Crippen LogP contribution is 2.44. The first-order valence-electron chi connectivity index (χ1n) is 12.8. The highest BCUT2D eigenvalue weighted by atomic mass is 127. The largest absolute Gasteiger partial charge is 0.481 e. The Kier molecular flexibility index (Phi) is 8.69. The van der Waals surface area contributed by atoms with Gasteiger partial charge in [-0.1, -0.05) is 0 Å². The average molecular weight is 641 g/mol. The third-order valence-electron chi connectivity index (χ3n) is 6.56. The van der Waals surface area contributed by atoms with E-state index in [1.165, 1.54) is 17.7 Å². The molecule has 2 aromatic rings. The molecule has 1 aliphatic heterocycles. The number of aryl methyl sites for hydroxylation is 1. The second-order valence-corrected chi connectivity index (χ2v) is 13.2. The van der Waals surface area contributed by atoms with Crippen LogP contribution in [0.2, 0.25) is 0 Å². The normalized spacial score (nSPS) is 19.4. The first kappa shape index (κ1) is 28.1. The highest BCUT2D eigenvalue weighted by molar-refractivity contribution is 14.1. The summed E-state index contributed by atoms with van der Waals surface area (Å²) in [6.07, 6.45) is 3.81. The fraction of sp³-hybridized carbons (Fsp3) is 0.593. The average Bonchev–Trinajstić information content (AvgIpc) is 3.55. The third kappa shape index (κ3) is 7.14. The van der Waals surface area contributed by atoms with Gasteiger partial charge in [-0.15, -0.1) is 11.3 Å². The van der Waals surface area contributed by atoms with E-state index in [1.54, 1.807) is 23.3 Å².